The molecule has 1 aromatic rings. The Hall–Kier alpha value is -1.91. The van der Waals surface area contributed by atoms with Gasteiger partial charge in [-0.3, -0.25) is 4.79 Å². The molecule has 20 heavy (non-hydrogen) atoms. The fourth-order valence-electron chi connectivity index (χ4n) is 2.68. The number of methoxy groups -OCH3 is 2. The average molecular weight is 278 g/mol. The summed E-state index contributed by atoms with van der Waals surface area (Å²) in [6.07, 6.45) is 3.33. The van der Waals surface area contributed by atoms with E-state index < -0.39 is 0 Å². The highest BCUT2D eigenvalue weighted by Gasteiger charge is 2.26. The van der Waals surface area contributed by atoms with Crippen LogP contribution < -0.4 is 20.5 Å². The van der Waals surface area contributed by atoms with Crippen molar-refractivity contribution in [3.8, 4) is 11.5 Å². The van der Waals surface area contributed by atoms with Gasteiger partial charge >= 0.3 is 0 Å². The van der Waals surface area contributed by atoms with Gasteiger partial charge in [-0.15, -0.1) is 0 Å². The van der Waals surface area contributed by atoms with Crippen LogP contribution in [0.1, 0.15) is 36.5 Å². The lowest BCUT2D eigenvalue weighted by Crippen LogP contribution is -2.36. The van der Waals surface area contributed by atoms with Gasteiger partial charge in [-0.2, -0.15) is 0 Å². The molecule has 0 radical (unpaired) electrons. The molecule has 0 aliphatic heterocycles. The summed E-state index contributed by atoms with van der Waals surface area (Å²) in [5.74, 6) is 1.35. The van der Waals surface area contributed by atoms with Crippen molar-refractivity contribution in [2.24, 2.45) is 5.92 Å². The van der Waals surface area contributed by atoms with Gasteiger partial charge in [-0.05, 0) is 24.8 Å². The molecule has 0 bridgehead atoms. The van der Waals surface area contributed by atoms with Crippen LogP contribution in [0.2, 0.25) is 0 Å². The molecule has 1 fully saturated rings. The van der Waals surface area contributed by atoms with Crippen molar-refractivity contribution in [2.75, 3.05) is 20.0 Å². The van der Waals surface area contributed by atoms with E-state index in [4.69, 9.17) is 15.2 Å². The number of nitrogens with one attached hydrogen (secondary N) is 1. The highest BCUT2D eigenvalue weighted by molar-refractivity contribution is 6.01. The standard InChI is InChI=1S/C15H22N2O3/c1-9-5-4-6-12(9)17-15(18)11-7-10(19-2)8-13(20-3)14(11)16/h7-9,12H,4-6,16H2,1-3H3,(H,17,18). The average Bonchev–Trinajstić information content (AvgIpc) is 2.84. The zero-order valence-electron chi connectivity index (χ0n) is 12.2. The lowest BCUT2D eigenvalue weighted by atomic mass is 10.1. The van der Waals surface area contributed by atoms with Crippen LogP contribution in [-0.2, 0) is 0 Å². The number of anilines is 1. The number of benzene rings is 1. The monoisotopic (exact) mass is 278 g/mol. The minimum absolute atomic E-state index is 0.168. The van der Waals surface area contributed by atoms with Gasteiger partial charge in [-0.25, -0.2) is 0 Å². The maximum absolute atomic E-state index is 12.4. The topological polar surface area (TPSA) is 73.6 Å². The summed E-state index contributed by atoms with van der Waals surface area (Å²) in [6, 6.07) is 3.54. The Morgan fingerprint density at radius 1 is 1.30 bits per heavy atom. The summed E-state index contributed by atoms with van der Waals surface area (Å²) in [5.41, 5.74) is 6.73. The highest BCUT2D eigenvalue weighted by atomic mass is 16.5. The number of amides is 1. The van der Waals surface area contributed by atoms with Gasteiger partial charge in [0.15, 0.2) is 0 Å². The minimum atomic E-state index is -0.168. The Kier molecular flexibility index (Phi) is 4.37. The molecule has 5 nitrogen and oxygen atoms in total. The van der Waals surface area contributed by atoms with Crippen LogP contribution in [0, 0.1) is 5.92 Å². The third-order valence-corrected chi connectivity index (χ3v) is 3.99. The third kappa shape index (κ3) is 2.81. The maximum Gasteiger partial charge on any atom is 0.253 e. The lowest BCUT2D eigenvalue weighted by molar-refractivity contribution is 0.0930. The molecule has 2 atom stereocenters. The predicted molar refractivity (Wildman–Crippen MR) is 78.2 cm³/mol. The van der Waals surface area contributed by atoms with Crippen molar-refractivity contribution >= 4 is 11.6 Å². The van der Waals surface area contributed by atoms with Gasteiger partial charge in [0.05, 0.1) is 25.5 Å². The number of hydrogen-bond acceptors (Lipinski definition) is 4. The smallest absolute Gasteiger partial charge is 0.253 e. The molecule has 1 aliphatic rings. The van der Waals surface area contributed by atoms with Gasteiger partial charge in [0.1, 0.15) is 11.5 Å². The molecule has 0 saturated heterocycles. The second-order valence-corrected chi connectivity index (χ2v) is 5.28. The SMILES string of the molecule is COc1cc(OC)c(N)c(C(=O)NC2CCCC2C)c1. The Morgan fingerprint density at radius 2 is 2.05 bits per heavy atom. The van der Waals surface area contributed by atoms with Crippen molar-refractivity contribution in [1.29, 1.82) is 0 Å². The molecule has 1 amide bonds. The van der Waals surface area contributed by atoms with Crippen molar-refractivity contribution in [3.63, 3.8) is 0 Å². The maximum atomic E-state index is 12.4. The molecular formula is C15H22N2O3. The number of nitrogen functional groups attached to an aromatic ring is 1. The first-order valence-corrected chi connectivity index (χ1v) is 6.89. The quantitative estimate of drug-likeness (QED) is 0.828. The first-order valence-electron chi connectivity index (χ1n) is 6.89. The summed E-state index contributed by atoms with van der Waals surface area (Å²) in [7, 11) is 3.07. The van der Waals surface area contributed by atoms with Gasteiger partial charge in [-0.1, -0.05) is 13.3 Å². The summed E-state index contributed by atoms with van der Waals surface area (Å²) < 4.78 is 10.4. The molecule has 5 heteroatoms. The van der Waals surface area contributed by atoms with Crippen LogP contribution in [0.15, 0.2) is 12.1 Å². The van der Waals surface area contributed by atoms with Crippen molar-refractivity contribution in [2.45, 2.75) is 32.2 Å². The fraction of sp³-hybridized carbons (Fsp3) is 0.533. The van der Waals surface area contributed by atoms with Crippen LogP contribution in [0.25, 0.3) is 0 Å². The van der Waals surface area contributed by atoms with Crippen LogP contribution in [0.3, 0.4) is 0 Å². The molecule has 0 heterocycles. The van der Waals surface area contributed by atoms with Crippen molar-refractivity contribution < 1.29 is 14.3 Å². The van der Waals surface area contributed by atoms with Gasteiger partial charge < -0.3 is 20.5 Å². The summed E-state index contributed by atoms with van der Waals surface area (Å²) in [5, 5.41) is 3.06. The van der Waals surface area contributed by atoms with E-state index in [0.717, 1.165) is 19.3 Å². The molecule has 1 aliphatic carbocycles. The Morgan fingerprint density at radius 3 is 2.60 bits per heavy atom. The van der Waals surface area contributed by atoms with Gasteiger partial charge in [0.2, 0.25) is 0 Å². The van der Waals surface area contributed by atoms with E-state index in [9.17, 15) is 4.79 Å². The summed E-state index contributed by atoms with van der Waals surface area (Å²) >= 11 is 0. The number of hydrogen-bond donors (Lipinski definition) is 2. The molecule has 1 aromatic carbocycles. The molecule has 2 unspecified atom stereocenters. The van der Waals surface area contributed by atoms with E-state index in [0.29, 0.717) is 28.7 Å². The van der Waals surface area contributed by atoms with Gasteiger partial charge in [0, 0.05) is 12.1 Å². The number of rotatable bonds is 4. The molecule has 110 valence electrons. The highest BCUT2D eigenvalue weighted by Crippen LogP contribution is 2.32. The zero-order valence-corrected chi connectivity index (χ0v) is 12.2. The first kappa shape index (κ1) is 14.5. The summed E-state index contributed by atoms with van der Waals surface area (Å²) in [4.78, 5) is 12.4. The Balaban J connectivity index is 2.24. The lowest BCUT2D eigenvalue weighted by Gasteiger charge is -2.19. The van der Waals surface area contributed by atoms with E-state index in [1.54, 1.807) is 19.2 Å². The van der Waals surface area contributed by atoms with E-state index in [1.807, 2.05) is 0 Å². The molecular weight excluding hydrogens is 256 g/mol. The Bertz CT molecular complexity index is 502. The van der Waals surface area contributed by atoms with Crippen LogP contribution in [0.5, 0.6) is 11.5 Å². The van der Waals surface area contributed by atoms with E-state index >= 15 is 0 Å². The van der Waals surface area contributed by atoms with Crippen LogP contribution >= 0.6 is 0 Å². The van der Waals surface area contributed by atoms with Gasteiger partial charge in [0.25, 0.3) is 5.91 Å². The fourth-order valence-corrected chi connectivity index (χ4v) is 2.68. The van der Waals surface area contributed by atoms with E-state index in [-0.39, 0.29) is 11.9 Å². The molecule has 0 spiro atoms. The molecule has 2 rings (SSSR count). The van der Waals surface area contributed by atoms with Crippen molar-refractivity contribution in [3.05, 3.63) is 17.7 Å². The van der Waals surface area contributed by atoms with Crippen LogP contribution in [-0.4, -0.2) is 26.2 Å². The number of nitrogens with two attached hydrogens (primary N) is 1. The largest absolute Gasteiger partial charge is 0.497 e. The normalized spacial score (nSPS) is 21.6. The third-order valence-electron chi connectivity index (χ3n) is 3.99. The summed E-state index contributed by atoms with van der Waals surface area (Å²) in [6.45, 7) is 2.16. The molecule has 3 N–H and O–H groups in total. The zero-order chi connectivity index (χ0) is 14.7. The molecule has 1 saturated carbocycles. The van der Waals surface area contributed by atoms with Crippen molar-refractivity contribution in [1.82, 2.24) is 5.32 Å². The first-order chi connectivity index (χ1) is 9.56. The van der Waals surface area contributed by atoms with Crippen LogP contribution in [0.4, 0.5) is 5.69 Å². The number of carbonyl (C=O) groups is 1. The second-order valence-electron chi connectivity index (χ2n) is 5.28. The predicted octanol–water partition coefficient (Wildman–Crippen LogP) is 2.20. The number of carbonyl (C=O) groups excluding carboxylic acids is 1. The second kappa shape index (κ2) is 6.03. The van der Waals surface area contributed by atoms with E-state index in [1.165, 1.54) is 7.11 Å². The minimum Gasteiger partial charge on any atom is -0.497 e. The Labute approximate surface area is 119 Å². The molecule has 0 aromatic heterocycles. The number of ether oxygens (including phenoxy) is 2. The van der Waals surface area contributed by atoms with E-state index in [2.05, 4.69) is 12.2 Å².